The normalized spacial score (nSPS) is 20.6. The largest absolute Gasteiger partial charge is 0.398 e. The van der Waals surface area contributed by atoms with Crippen LogP contribution in [-0.2, 0) is 14.8 Å². The molecule has 0 aliphatic carbocycles. The highest BCUT2D eigenvalue weighted by Crippen LogP contribution is 2.30. The Morgan fingerprint density at radius 2 is 2.19 bits per heavy atom. The van der Waals surface area contributed by atoms with Crippen molar-refractivity contribution in [1.29, 1.82) is 0 Å². The van der Waals surface area contributed by atoms with Crippen LogP contribution in [0.4, 0.5) is 5.69 Å². The molecule has 2 rings (SSSR count). The monoisotopic (exact) mass is 376 g/mol. The summed E-state index contributed by atoms with van der Waals surface area (Å²) in [4.78, 5) is 0.270. The zero-order valence-corrected chi connectivity index (χ0v) is 14.7. The summed E-state index contributed by atoms with van der Waals surface area (Å²) in [6, 6.07) is 3.33. The summed E-state index contributed by atoms with van der Waals surface area (Å²) in [5.74, 6) is 0. The van der Waals surface area contributed by atoms with E-state index in [-0.39, 0.29) is 11.0 Å². The Labute approximate surface area is 134 Å². The maximum Gasteiger partial charge on any atom is 0.243 e. The molecule has 0 saturated carbocycles. The van der Waals surface area contributed by atoms with E-state index in [0.29, 0.717) is 35.4 Å². The highest BCUT2D eigenvalue weighted by atomic mass is 79.9. The lowest BCUT2D eigenvalue weighted by Crippen LogP contribution is -2.43. The Morgan fingerprint density at radius 1 is 1.48 bits per heavy atom. The van der Waals surface area contributed by atoms with E-state index in [4.69, 9.17) is 10.5 Å². The summed E-state index contributed by atoms with van der Waals surface area (Å²) < 4.78 is 33.5. The van der Waals surface area contributed by atoms with Gasteiger partial charge in [-0.2, -0.15) is 4.31 Å². The van der Waals surface area contributed by atoms with Gasteiger partial charge in [0.1, 0.15) is 0 Å². The highest BCUT2D eigenvalue weighted by molar-refractivity contribution is 9.10. The van der Waals surface area contributed by atoms with Gasteiger partial charge in [-0.15, -0.1) is 0 Å². The molecular formula is C14H21BrN2O3S. The molecule has 1 saturated heterocycles. The number of rotatable bonds is 4. The Balaban J connectivity index is 2.34. The SMILES string of the molecule is CCOC1CCCN(S(=O)(=O)c2cc(Br)cc(N)c2C)C1. The van der Waals surface area contributed by atoms with Crippen LogP contribution in [0.5, 0.6) is 0 Å². The standard InChI is InChI=1S/C14H21BrN2O3S/c1-3-20-12-5-4-6-17(9-12)21(18,19)14-8-11(15)7-13(16)10(14)2/h7-8,12H,3-6,9,16H2,1-2H3. The van der Waals surface area contributed by atoms with Crippen LogP contribution in [0.1, 0.15) is 25.3 Å². The summed E-state index contributed by atoms with van der Waals surface area (Å²) in [6.45, 7) is 5.19. The van der Waals surface area contributed by atoms with Crippen LogP contribution < -0.4 is 5.73 Å². The first-order chi connectivity index (χ1) is 9.86. The molecule has 0 bridgehead atoms. The Bertz CT molecular complexity index is 617. The second-order valence-corrected chi connectivity index (χ2v) is 8.02. The molecule has 1 aromatic rings. The first kappa shape index (κ1) is 16.7. The van der Waals surface area contributed by atoms with E-state index in [2.05, 4.69) is 15.9 Å². The molecule has 118 valence electrons. The number of piperidine rings is 1. The molecule has 0 amide bonds. The van der Waals surface area contributed by atoms with Gasteiger partial charge in [0.25, 0.3) is 0 Å². The summed E-state index contributed by atoms with van der Waals surface area (Å²) in [5, 5.41) is 0. The van der Waals surface area contributed by atoms with Crippen LogP contribution >= 0.6 is 15.9 Å². The summed E-state index contributed by atoms with van der Waals surface area (Å²) in [7, 11) is -3.55. The van der Waals surface area contributed by atoms with E-state index in [1.807, 2.05) is 6.92 Å². The van der Waals surface area contributed by atoms with Gasteiger partial charge >= 0.3 is 0 Å². The number of anilines is 1. The maximum absolute atomic E-state index is 12.9. The van der Waals surface area contributed by atoms with Crippen molar-refractivity contribution >= 4 is 31.6 Å². The van der Waals surface area contributed by atoms with Crippen LogP contribution in [0, 0.1) is 6.92 Å². The molecular weight excluding hydrogens is 356 g/mol. The lowest BCUT2D eigenvalue weighted by atomic mass is 10.1. The van der Waals surface area contributed by atoms with Gasteiger partial charge in [0.2, 0.25) is 10.0 Å². The van der Waals surface area contributed by atoms with Crippen molar-refractivity contribution in [2.45, 2.75) is 37.7 Å². The Kier molecular flexibility index (Phi) is 5.29. The molecule has 1 atom stereocenters. The topological polar surface area (TPSA) is 72.6 Å². The molecule has 1 aliphatic heterocycles. The van der Waals surface area contributed by atoms with Crippen molar-refractivity contribution in [3.8, 4) is 0 Å². The molecule has 1 unspecified atom stereocenters. The third-order valence-electron chi connectivity index (χ3n) is 3.73. The molecule has 0 radical (unpaired) electrons. The second-order valence-electron chi connectivity index (χ2n) is 5.20. The Morgan fingerprint density at radius 3 is 2.86 bits per heavy atom. The van der Waals surface area contributed by atoms with Crippen molar-refractivity contribution in [1.82, 2.24) is 4.31 Å². The van der Waals surface area contributed by atoms with Crippen molar-refractivity contribution in [2.24, 2.45) is 0 Å². The number of nitrogen functional groups attached to an aromatic ring is 1. The summed E-state index contributed by atoms with van der Waals surface area (Å²) >= 11 is 3.31. The van der Waals surface area contributed by atoms with E-state index in [0.717, 1.165) is 12.8 Å². The van der Waals surface area contributed by atoms with Gasteiger partial charge in [-0.25, -0.2) is 8.42 Å². The molecule has 0 spiro atoms. The van der Waals surface area contributed by atoms with Gasteiger partial charge < -0.3 is 10.5 Å². The van der Waals surface area contributed by atoms with E-state index < -0.39 is 10.0 Å². The molecule has 21 heavy (non-hydrogen) atoms. The van der Waals surface area contributed by atoms with E-state index in [1.54, 1.807) is 19.1 Å². The van der Waals surface area contributed by atoms with Gasteiger partial charge in [-0.1, -0.05) is 15.9 Å². The van der Waals surface area contributed by atoms with Crippen LogP contribution in [0.15, 0.2) is 21.5 Å². The van der Waals surface area contributed by atoms with Crippen molar-refractivity contribution in [2.75, 3.05) is 25.4 Å². The quantitative estimate of drug-likeness (QED) is 0.819. The van der Waals surface area contributed by atoms with E-state index in [9.17, 15) is 8.42 Å². The number of hydrogen-bond donors (Lipinski definition) is 1. The zero-order valence-electron chi connectivity index (χ0n) is 12.3. The molecule has 7 heteroatoms. The maximum atomic E-state index is 12.9. The third-order valence-corrected chi connectivity index (χ3v) is 6.18. The number of nitrogens with two attached hydrogens (primary N) is 1. The van der Waals surface area contributed by atoms with E-state index >= 15 is 0 Å². The lowest BCUT2D eigenvalue weighted by molar-refractivity contribution is 0.0265. The first-order valence-electron chi connectivity index (χ1n) is 7.03. The molecule has 1 heterocycles. The number of ether oxygens (including phenoxy) is 1. The number of benzene rings is 1. The van der Waals surface area contributed by atoms with Crippen LogP contribution in [0.3, 0.4) is 0 Å². The number of nitrogens with zero attached hydrogens (tertiary/aromatic N) is 1. The molecule has 1 aromatic carbocycles. The first-order valence-corrected chi connectivity index (χ1v) is 9.27. The summed E-state index contributed by atoms with van der Waals surface area (Å²) in [6.07, 6.45) is 1.69. The minimum atomic E-state index is -3.55. The molecule has 0 aromatic heterocycles. The number of halogens is 1. The molecule has 2 N–H and O–H groups in total. The summed E-state index contributed by atoms with van der Waals surface area (Å²) in [5.41, 5.74) is 6.95. The molecule has 1 fully saturated rings. The fraction of sp³-hybridized carbons (Fsp3) is 0.571. The van der Waals surface area contributed by atoms with Gasteiger partial charge in [0.05, 0.1) is 11.0 Å². The molecule has 1 aliphatic rings. The zero-order chi connectivity index (χ0) is 15.6. The second kappa shape index (κ2) is 6.64. The average molecular weight is 377 g/mol. The predicted octanol–water partition coefficient (Wildman–Crippen LogP) is 2.53. The third kappa shape index (κ3) is 3.59. The van der Waals surface area contributed by atoms with Crippen LogP contribution in [0.25, 0.3) is 0 Å². The van der Waals surface area contributed by atoms with Crippen LogP contribution in [-0.4, -0.2) is 38.5 Å². The Hall–Kier alpha value is -0.630. The lowest BCUT2D eigenvalue weighted by Gasteiger charge is -2.32. The minimum Gasteiger partial charge on any atom is -0.398 e. The minimum absolute atomic E-state index is 0.0247. The van der Waals surface area contributed by atoms with Crippen molar-refractivity contribution in [3.63, 3.8) is 0 Å². The fourth-order valence-electron chi connectivity index (χ4n) is 2.58. The van der Waals surface area contributed by atoms with Crippen molar-refractivity contribution < 1.29 is 13.2 Å². The predicted molar refractivity (Wildman–Crippen MR) is 86.7 cm³/mol. The number of sulfonamides is 1. The number of hydrogen-bond acceptors (Lipinski definition) is 4. The fourth-order valence-corrected chi connectivity index (χ4v) is 4.99. The van der Waals surface area contributed by atoms with Gasteiger partial charge in [0, 0.05) is 29.9 Å². The van der Waals surface area contributed by atoms with E-state index in [1.165, 1.54) is 4.31 Å². The van der Waals surface area contributed by atoms with Gasteiger partial charge in [0.15, 0.2) is 0 Å². The van der Waals surface area contributed by atoms with Crippen LogP contribution in [0.2, 0.25) is 0 Å². The van der Waals surface area contributed by atoms with Gasteiger partial charge in [-0.3, -0.25) is 0 Å². The molecule has 5 nitrogen and oxygen atoms in total. The average Bonchev–Trinajstić information content (AvgIpc) is 2.43. The highest BCUT2D eigenvalue weighted by Gasteiger charge is 2.32. The smallest absolute Gasteiger partial charge is 0.243 e. The van der Waals surface area contributed by atoms with Crippen molar-refractivity contribution in [3.05, 3.63) is 22.2 Å². The van der Waals surface area contributed by atoms with Gasteiger partial charge in [-0.05, 0) is 44.4 Å².